The van der Waals surface area contributed by atoms with Crippen molar-refractivity contribution in [3.8, 4) is 11.5 Å². The minimum Gasteiger partial charge on any atom is -0.495 e. The van der Waals surface area contributed by atoms with Crippen LogP contribution in [0.25, 0.3) is 10.2 Å². The summed E-state index contributed by atoms with van der Waals surface area (Å²) >= 11 is 1.26. The lowest BCUT2D eigenvalue weighted by Crippen LogP contribution is -2.32. The highest BCUT2D eigenvalue weighted by molar-refractivity contribution is 7.91. The van der Waals surface area contributed by atoms with Crippen LogP contribution >= 0.6 is 11.3 Å². The third kappa shape index (κ3) is 4.46. The van der Waals surface area contributed by atoms with Gasteiger partial charge >= 0.3 is 0 Å². The van der Waals surface area contributed by atoms with Gasteiger partial charge in [0.2, 0.25) is 0 Å². The molecule has 4 aromatic rings. The third-order valence-corrected chi connectivity index (χ3v) is 8.13. The molecule has 0 aliphatic rings. The third-order valence-electron chi connectivity index (χ3n) is 5.25. The van der Waals surface area contributed by atoms with E-state index in [1.165, 1.54) is 28.4 Å². The molecule has 0 radical (unpaired) electrons. The number of fused-ring (bicyclic) bond motifs is 1. The Labute approximate surface area is 201 Å². The predicted octanol–water partition coefficient (Wildman–Crippen LogP) is 4.35. The first-order valence-electron chi connectivity index (χ1n) is 10.4. The molecule has 0 bridgehead atoms. The highest BCUT2D eigenvalue weighted by Gasteiger charge is 2.28. The van der Waals surface area contributed by atoms with Gasteiger partial charge in [-0.05, 0) is 36.4 Å². The number of nitrogens with zero attached hydrogens (tertiary/aromatic N) is 3. The van der Waals surface area contributed by atoms with Gasteiger partial charge in [0.25, 0.3) is 5.91 Å². The molecule has 8 nitrogen and oxygen atoms in total. The summed E-state index contributed by atoms with van der Waals surface area (Å²) in [5, 5.41) is 0.372. The lowest BCUT2D eigenvalue weighted by molar-refractivity contribution is 0.0981. The molecule has 0 saturated carbocycles. The average Bonchev–Trinajstić information content (AvgIpc) is 3.32. The van der Waals surface area contributed by atoms with Gasteiger partial charge in [0.1, 0.15) is 21.7 Å². The SMILES string of the molecule is CCS(=O)(=O)c1ccccc1C(=O)N(Cc1ccccn1)c1nc2c(OC)ccc(OC)c2s1. The summed E-state index contributed by atoms with van der Waals surface area (Å²) in [6.07, 6.45) is 1.64. The van der Waals surface area contributed by atoms with Gasteiger partial charge in [-0.1, -0.05) is 36.5 Å². The van der Waals surface area contributed by atoms with Crippen molar-refractivity contribution in [1.29, 1.82) is 0 Å². The summed E-state index contributed by atoms with van der Waals surface area (Å²) in [4.78, 5) is 24.3. The molecule has 0 aliphatic heterocycles. The van der Waals surface area contributed by atoms with Gasteiger partial charge in [-0.2, -0.15) is 0 Å². The second-order valence-corrected chi connectivity index (χ2v) is 10.5. The van der Waals surface area contributed by atoms with Crippen LogP contribution in [-0.4, -0.2) is 44.3 Å². The Morgan fingerprint density at radius 3 is 2.38 bits per heavy atom. The van der Waals surface area contributed by atoms with E-state index in [1.807, 2.05) is 6.07 Å². The van der Waals surface area contributed by atoms with Crippen molar-refractivity contribution in [2.24, 2.45) is 0 Å². The number of pyridine rings is 1. The Morgan fingerprint density at radius 2 is 1.71 bits per heavy atom. The quantitative estimate of drug-likeness (QED) is 0.357. The molecule has 176 valence electrons. The van der Waals surface area contributed by atoms with Gasteiger partial charge in [-0.25, -0.2) is 13.4 Å². The van der Waals surface area contributed by atoms with Crippen LogP contribution < -0.4 is 14.4 Å². The van der Waals surface area contributed by atoms with E-state index in [4.69, 9.17) is 9.47 Å². The second kappa shape index (κ2) is 9.78. The van der Waals surface area contributed by atoms with Crippen LogP contribution in [-0.2, 0) is 16.4 Å². The van der Waals surface area contributed by atoms with Crippen molar-refractivity contribution in [1.82, 2.24) is 9.97 Å². The maximum atomic E-state index is 13.9. The highest BCUT2D eigenvalue weighted by atomic mass is 32.2. The van der Waals surface area contributed by atoms with Crippen LogP contribution in [0.1, 0.15) is 23.0 Å². The number of hydrogen-bond acceptors (Lipinski definition) is 8. The topological polar surface area (TPSA) is 98.7 Å². The number of carbonyl (C=O) groups excluding carboxylic acids is 1. The molecule has 4 rings (SSSR count). The average molecular weight is 498 g/mol. The first kappa shape index (κ1) is 23.7. The first-order chi connectivity index (χ1) is 16.4. The smallest absolute Gasteiger partial charge is 0.261 e. The number of anilines is 1. The number of methoxy groups -OCH3 is 2. The van der Waals surface area contributed by atoms with E-state index in [-0.39, 0.29) is 22.8 Å². The molecule has 0 atom stereocenters. The van der Waals surface area contributed by atoms with Gasteiger partial charge in [-0.15, -0.1) is 0 Å². The number of benzene rings is 2. The number of rotatable bonds is 8. The largest absolute Gasteiger partial charge is 0.495 e. The Hall–Kier alpha value is -3.50. The molecular formula is C24H23N3O5S2. The van der Waals surface area contributed by atoms with Crippen LogP contribution in [0.5, 0.6) is 11.5 Å². The van der Waals surface area contributed by atoms with Crippen LogP contribution in [0.15, 0.2) is 65.7 Å². The van der Waals surface area contributed by atoms with Crippen molar-refractivity contribution >= 4 is 42.4 Å². The molecule has 1 amide bonds. The van der Waals surface area contributed by atoms with Gasteiger partial charge in [-0.3, -0.25) is 14.7 Å². The van der Waals surface area contributed by atoms with Crippen molar-refractivity contribution < 1.29 is 22.7 Å². The molecule has 0 N–H and O–H groups in total. The predicted molar refractivity (Wildman–Crippen MR) is 132 cm³/mol. The lowest BCUT2D eigenvalue weighted by atomic mass is 10.2. The van der Waals surface area contributed by atoms with E-state index >= 15 is 0 Å². The van der Waals surface area contributed by atoms with Crippen LogP contribution in [0.4, 0.5) is 5.13 Å². The summed E-state index contributed by atoms with van der Waals surface area (Å²) in [7, 11) is -0.525. The zero-order valence-electron chi connectivity index (χ0n) is 18.9. The fourth-order valence-corrected chi connectivity index (χ4v) is 5.64. The van der Waals surface area contributed by atoms with Crippen LogP contribution in [0, 0.1) is 0 Å². The first-order valence-corrected chi connectivity index (χ1v) is 12.9. The van der Waals surface area contributed by atoms with Crippen molar-refractivity contribution in [3.63, 3.8) is 0 Å². The molecular weight excluding hydrogens is 474 g/mol. The summed E-state index contributed by atoms with van der Waals surface area (Å²) in [5.41, 5.74) is 1.26. The van der Waals surface area contributed by atoms with E-state index in [9.17, 15) is 13.2 Å². The Kier molecular flexibility index (Phi) is 6.80. The molecule has 0 saturated heterocycles. The van der Waals surface area contributed by atoms with Gasteiger partial charge in [0.15, 0.2) is 15.0 Å². The molecule has 2 aromatic carbocycles. The van der Waals surface area contributed by atoms with Crippen LogP contribution in [0.3, 0.4) is 0 Å². The van der Waals surface area contributed by atoms with Gasteiger partial charge in [0.05, 0.1) is 42.7 Å². The summed E-state index contributed by atoms with van der Waals surface area (Å²) in [5.74, 6) is 0.527. The summed E-state index contributed by atoms with van der Waals surface area (Å²) < 4.78 is 37.1. The Bertz CT molecular complexity index is 1390. The molecule has 2 aromatic heterocycles. The maximum absolute atomic E-state index is 13.9. The molecule has 0 fully saturated rings. The monoisotopic (exact) mass is 497 g/mol. The standard InChI is InChI=1S/C24H23N3O5S2/c1-4-34(29,30)20-11-6-5-10-17(20)23(28)27(15-16-9-7-8-14-25-16)24-26-21-18(31-2)12-13-19(32-3)22(21)33-24/h5-14H,4,15H2,1-3H3. The van der Waals surface area contributed by atoms with Crippen molar-refractivity contribution in [2.45, 2.75) is 18.4 Å². The lowest BCUT2D eigenvalue weighted by Gasteiger charge is -2.21. The minimum absolute atomic E-state index is 0.00945. The normalized spacial score (nSPS) is 11.4. The number of amides is 1. The number of hydrogen-bond donors (Lipinski definition) is 0. The second-order valence-electron chi connectivity index (χ2n) is 7.26. The molecule has 0 spiro atoms. The fourth-order valence-electron chi connectivity index (χ4n) is 3.49. The minimum atomic E-state index is -3.63. The van der Waals surface area contributed by atoms with Gasteiger partial charge < -0.3 is 9.47 Å². The number of aromatic nitrogens is 2. The zero-order valence-corrected chi connectivity index (χ0v) is 20.5. The van der Waals surface area contributed by atoms with E-state index in [2.05, 4.69) is 9.97 Å². The number of thiazole rings is 1. The van der Waals surface area contributed by atoms with Crippen molar-refractivity contribution in [3.05, 3.63) is 72.1 Å². The molecule has 0 unspecified atom stereocenters. The van der Waals surface area contributed by atoms with E-state index < -0.39 is 15.7 Å². The Balaban J connectivity index is 1.89. The highest BCUT2D eigenvalue weighted by Crippen LogP contribution is 2.41. The fraction of sp³-hybridized carbons (Fsp3) is 0.208. The summed E-state index contributed by atoms with van der Waals surface area (Å²) in [6.45, 7) is 1.65. The number of carbonyl (C=O) groups is 1. The maximum Gasteiger partial charge on any atom is 0.261 e. The summed E-state index contributed by atoms with van der Waals surface area (Å²) in [6, 6.07) is 15.2. The number of sulfone groups is 1. The van der Waals surface area contributed by atoms with Crippen molar-refractivity contribution in [2.75, 3.05) is 24.9 Å². The molecule has 0 aliphatic carbocycles. The Morgan fingerprint density at radius 1 is 1.00 bits per heavy atom. The molecule has 10 heteroatoms. The van der Waals surface area contributed by atoms with E-state index in [0.717, 1.165) is 0 Å². The number of ether oxygens (including phenoxy) is 2. The van der Waals surface area contributed by atoms with Crippen LogP contribution in [0.2, 0.25) is 0 Å². The molecule has 2 heterocycles. The van der Waals surface area contributed by atoms with Gasteiger partial charge in [0, 0.05) is 6.20 Å². The van der Waals surface area contributed by atoms with E-state index in [1.54, 1.807) is 63.7 Å². The zero-order chi connectivity index (χ0) is 24.3. The molecule has 34 heavy (non-hydrogen) atoms. The van der Waals surface area contributed by atoms with E-state index in [0.29, 0.717) is 32.5 Å².